The summed E-state index contributed by atoms with van der Waals surface area (Å²) in [7, 11) is -3.04. The van der Waals surface area contributed by atoms with Crippen LogP contribution >= 0.6 is 23.2 Å². The summed E-state index contributed by atoms with van der Waals surface area (Å²) < 4.78 is 24.2. The van der Waals surface area contributed by atoms with Gasteiger partial charge in [-0.3, -0.25) is 9.80 Å². The highest BCUT2D eigenvalue weighted by Crippen LogP contribution is 2.29. The first-order chi connectivity index (χ1) is 10.9. The molecule has 0 bridgehead atoms. The van der Waals surface area contributed by atoms with Gasteiger partial charge in [0.05, 0.1) is 18.1 Å². The van der Waals surface area contributed by atoms with Gasteiger partial charge in [0.2, 0.25) is 0 Å². The summed E-state index contributed by atoms with van der Waals surface area (Å²) in [6.45, 7) is 2.72. The fourth-order valence-corrected chi connectivity index (χ4v) is 6.25. The summed E-state index contributed by atoms with van der Waals surface area (Å²) in [6, 6.07) is 5.33. The Balaban J connectivity index is 1.80. The molecule has 2 heterocycles. The van der Waals surface area contributed by atoms with Gasteiger partial charge in [0, 0.05) is 48.3 Å². The van der Waals surface area contributed by atoms with Crippen LogP contribution in [0.15, 0.2) is 18.2 Å². The molecule has 2 atom stereocenters. The van der Waals surface area contributed by atoms with Crippen LogP contribution in [0, 0.1) is 0 Å². The molecule has 0 amide bonds. The summed E-state index contributed by atoms with van der Waals surface area (Å²) in [4.78, 5) is 4.29. The van der Waals surface area contributed by atoms with Crippen LogP contribution in [0.4, 0.5) is 0 Å². The van der Waals surface area contributed by atoms with E-state index >= 15 is 0 Å². The Hall–Kier alpha value is -0.370. The second-order valence-electron chi connectivity index (χ2n) is 6.22. The van der Waals surface area contributed by atoms with Gasteiger partial charge in [0.25, 0.3) is 0 Å². The Bertz CT molecular complexity index is 663. The predicted octanol–water partition coefficient (Wildman–Crippen LogP) is 1.27. The molecule has 5 nitrogen and oxygen atoms in total. The van der Waals surface area contributed by atoms with Crippen molar-refractivity contribution < 1.29 is 13.5 Å². The lowest BCUT2D eigenvalue weighted by atomic mass is 10.0. The standard InChI is InChI=1S/C15H20Cl2N2O3S/c16-12-5-11(6-13(17)7-12)8-19-2-1-18(3-4-20)14-9-23(21,22)10-15(14)19/h5-7,14-15,20H,1-4,8-10H2/t14-,15+/m0/s1. The summed E-state index contributed by atoms with van der Waals surface area (Å²) in [5.74, 6) is 0.346. The number of nitrogens with zero attached hydrogens (tertiary/aromatic N) is 2. The van der Waals surface area contributed by atoms with Crippen LogP contribution in [0.5, 0.6) is 0 Å². The highest BCUT2D eigenvalue weighted by Gasteiger charge is 2.46. The van der Waals surface area contributed by atoms with E-state index in [0.29, 0.717) is 23.1 Å². The predicted molar refractivity (Wildman–Crippen MR) is 91.8 cm³/mol. The molecule has 0 saturated carbocycles. The molecule has 0 spiro atoms. The fraction of sp³-hybridized carbons (Fsp3) is 0.600. The van der Waals surface area contributed by atoms with Crippen molar-refractivity contribution >= 4 is 33.0 Å². The van der Waals surface area contributed by atoms with Gasteiger partial charge in [-0.1, -0.05) is 23.2 Å². The van der Waals surface area contributed by atoms with Gasteiger partial charge in [-0.2, -0.15) is 0 Å². The van der Waals surface area contributed by atoms with Crippen molar-refractivity contribution in [2.24, 2.45) is 0 Å². The van der Waals surface area contributed by atoms with E-state index in [2.05, 4.69) is 9.80 Å². The zero-order chi connectivity index (χ0) is 16.6. The lowest BCUT2D eigenvalue weighted by Crippen LogP contribution is -2.59. The van der Waals surface area contributed by atoms with E-state index in [4.69, 9.17) is 23.2 Å². The molecule has 2 saturated heterocycles. The number of halogens is 2. The third-order valence-corrected chi connectivity index (χ3v) is 6.74. The Morgan fingerprint density at radius 3 is 2.22 bits per heavy atom. The van der Waals surface area contributed by atoms with E-state index < -0.39 is 9.84 Å². The van der Waals surface area contributed by atoms with Crippen LogP contribution < -0.4 is 0 Å². The number of hydrogen-bond donors (Lipinski definition) is 1. The second kappa shape index (κ2) is 6.86. The van der Waals surface area contributed by atoms with E-state index in [1.165, 1.54) is 0 Å². The first kappa shape index (κ1) is 17.5. The quantitative estimate of drug-likeness (QED) is 0.854. The van der Waals surface area contributed by atoms with E-state index in [9.17, 15) is 13.5 Å². The number of β-amino-alcohol motifs (C(OH)–C–C–N with tert-alkyl or cyclic N) is 1. The smallest absolute Gasteiger partial charge is 0.153 e. The Morgan fingerprint density at radius 1 is 1.04 bits per heavy atom. The van der Waals surface area contributed by atoms with E-state index in [-0.39, 0.29) is 30.2 Å². The van der Waals surface area contributed by atoms with E-state index in [1.807, 2.05) is 12.1 Å². The molecule has 2 fully saturated rings. The minimum absolute atomic E-state index is 0.0435. The lowest BCUT2D eigenvalue weighted by molar-refractivity contribution is 0.0308. The molecule has 0 aliphatic carbocycles. The van der Waals surface area contributed by atoms with Gasteiger partial charge < -0.3 is 5.11 Å². The molecule has 128 valence electrons. The Kier molecular flexibility index (Phi) is 5.21. The molecule has 0 radical (unpaired) electrons. The minimum atomic E-state index is -3.04. The summed E-state index contributed by atoms with van der Waals surface area (Å²) in [6.07, 6.45) is 0. The fourth-order valence-electron chi connectivity index (χ4n) is 3.64. The van der Waals surface area contributed by atoms with Gasteiger partial charge >= 0.3 is 0 Å². The maximum absolute atomic E-state index is 12.1. The van der Waals surface area contributed by atoms with Crippen molar-refractivity contribution in [3.63, 3.8) is 0 Å². The number of rotatable bonds is 4. The third kappa shape index (κ3) is 4.00. The van der Waals surface area contributed by atoms with Gasteiger partial charge in [-0.05, 0) is 23.8 Å². The van der Waals surface area contributed by atoms with Crippen molar-refractivity contribution in [1.29, 1.82) is 0 Å². The zero-order valence-corrected chi connectivity index (χ0v) is 15.0. The average Bonchev–Trinajstić information content (AvgIpc) is 2.76. The highest BCUT2D eigenvalue weighted by atomic mass is 35.5. The van der Waals surface area contributed by atoms with Crippen LogP contribution in [-0.2, 0) is 16.4 Å². The molecule has 1 aromatic carbocycles. The second-order valence-corrected chi connectivity index (χ2v) is 9.25. The van der Waals surface area contributed by atoms with Crippen LogP contribution in [-0.4, -0.2) is 73.2 Å². The van der Waals surface area contributed by atoms with Gasteiger partial charge in [-0.25, -0.2) is 8.42 Å². The van der Waals surface area contributed by atoms with Crippen molar-refractivity contribution in [3.05, 3.63) is 33.8 Å². The summed E-state index contributed by atoms with van der Waals surface area (Å²) >= 11 is 12.1. The molecule has 8 heteroatoms. The van der Waals surface area contributed by atoms with E-state index in [0.717, 1.165) is 18.7 Å². The first-order valence-corrected chi connectivity index (χ1v) is 10.2. The van der Waals surface area contributed by atoms with Crippen molar-refractivity contribution in [1.82, 2.24) is 9.80 Å². The zero-order valence-electron chi connectivity index (χ0n) is 12.7. The molecule has 0 unspecified atom stereocenters. The molecule has 3 rings (SSSR count). The summed E-state index contributed by atoms with van der Waals surface area (Å²) in [5, 5.41) is 10.4. The van der Waals surface area contributed by atoms with Crippen molar-refractivity contribution in [3.8, 4) is 0 Å². The number of aliphatic hydroxyl groups excluding tert-OH is 1. The summed E-state index contributed by atoms with van der Waals surface area (Å²) in [5.41, 5.74) is 0.987. The first-order valence-electron chi connectivity index (χ1n) is 7.62. The highest BCUT2D eigenvalue weighted by molar-refractivity contribution is 7.91. The number of hydrogen-bond acceptors (Lipinski definition) is 5. The average molecular weight is 379 g/mol. The molecule has 1 aromatic rings. The Labute approximate surface area is 146 Å². The monoisotopic (exact) mass is 378 g/mol. The molecular weight excluding hydrogens is 359 g/mol. The number of aliphatic hydroxyl groups is 1. The molecular formula is C15H20Cl2N2O3S. The maximum atomic E-state index is 12.1. The Morgan fingerprint density at radius 2 is 1.61 bits per heavy atom. The molecule has 2 aliphatic heterocycles. The maximum Gasteiger partial charge on any atom is 0.153 e. The van der Waals surface area contributed by atoms with Gasteiger partial charge in [-0.15, -0.1) is 0 Å². The number of benzene rings is 1. The topological polar surface area (TPSA) is 60.9 Å². The van der Waals surface area contributed by atoms with Crippen molar-refractivity contribution in [2.45, 2.75) is 18.6 Å². The molecule has 0 aromatic heterocycles. The molecule has 23 heavy (non-hydrogen) atoms. The van der Waals surface area contributed by atoms with Crippen LogP contribution in [0.25, 0.3) is 0 Å². The number of piperazine rings is 1. The van der Waals surface area contributed by atoms with Crippen molar-refractivity contribution in [2.75, 3.05) is 37.7 Å². The largest absolute Gasteiger partial charge is 0.395 e. The number of fused-ring (bicyclic) bond motifs is 1. The van der Waals surface area contributed by atoms with Crippen LogP contribution in [0.1, 0.15) is 5.56 Å². The van der Waals surface area contributed by atoms with Gasteiger partial charge in [0.1, 0.15) is 0 Å². The van der Waals surface area contributed by atoms with Crippen LogP contribution in [0.3, 0.4) is 0 Å². The molecule has 1 N–H and O–H groups in total. The van der Waals surface area contributed by atoms with E-state index in [1.54, 1.807) is 6.07 Å². The minimum Gasteiger partial charge on any atom is -0.395 e. The van der Waals surface area contributed by atoms with Crippen LogP contribution in [0.2, 0.25) is 10.0 Å². The third-order valence-electron chi connectivity index (χ3n) is 4.60. The SMILES string of the molecule is O=S1(=O)C[C@@H]2[C@H](C1)N(CCO)CCN2Cc1cc(Cl)cc(Cl)c1. The van der Waals surface area contributed by atoms with Gasteiger partial charge in [0.15, 0.2) is 9.84 Å². The number of sulfone groups is 1. The lowest BCUT2D eigenvalue weighted by Gasteiger charge is -2.43. The normalized spacial score (nSPS) is 28.0. The molecule has 2 aliphatic rings.